The summed E-state index contributed by atoms with van der Waals surface area (Å²) in [5.41, 5.74) is 1.66. The van der Waals surface area contributed by atoms with E-state index in [1.54, 1.807) is 17.2 Å². The van der Waals surface area contributed by atoms with E-state index in [2.05, 4.69) is 12.2 Å². The zero-order valence-electron chi connectivity index (χ0n) is 19.1. The van der Waals surface area contributed by atoms with Gasteiger partial charge in [0.1, 0.15) is 15.8 Å². The van der Waals surface area contributed by atoms with Crippen LogP contribution in [0, 0.1) is 6.92 Å². The molecule has 2 saturated heterocycles. The molecule has 2 fully saturated rings. The fourth-order valence-electron chi connectivity index (χ4n) is 4.06. The summed E-state index contributed by atoms with van der Waals surface area (Å²) in [5, 5.41) is 3.30. The summed E-state index contributed by atoms with van der Waals surface area (Å²) in [7, 11) is 0. The number of nitrogens with zero attached hydrogens (tertiary/aromatic N) is 3. The van der Waals surface area contributed by atoms with Crippen molar-refractivity contribution in [2.75, 3.05) is 25.0 Å². The van der Waals surface area contributed by atoms with Gasteiger partial charge in [-0.05, 0) is 43.9 Å². The number of pyridine rings is 1. The van der Waals surface area contributed by atoms with Crippen LogP contribution >= 0.6 is 24.0 Å². The number of carbonyl (C=O) groups excluding carboxylic acids is 1. The average molecular weight is 487 g/mol. The monoisotopic (exact) mass is 486 g/mol. The molecule has 1 N–H and O–H groups in total. The molecule has 2 aromatic rings. The highest BCUT2D eigenvalue weighted by molar-refractivity contribution is 8.26. The van der Waals surface area contributed by atoms with Crippen molar-refractivity contribution >= 4 is 51.7 Å². The Morgan fingerprint density at radius 3 is 2.91 bits per heavy atom. The van der Waals surface area contributed by atoms with Crippen LogP contribution in [0.2, 0.25) is 0 Å². The third-order valence-electron chi connectivity index (χ3n) is 5.91. The molecule has 0 radical (unpaired) electrons. The van der Waals surface area contributed by atoms with Gasteiger partial charge < -0.3 is 10.1 Å². The molecular weight excluding hydrogens is 456 g/mol. The Labute approximate surface area is 203 Å². The Morgan fingerprint density at radius 2 is 2.15 bits per heavy atom. The van der Waals surface area contributed by atoms with Crippen molar-refractivity contribution in [1.29, 1.82) is 0 Å². The van der Waals surface area contributed by atoms with Gasteiger partial charge in [0.05, 0.1) is 16.6 Å². The number of rotatable bonds is 9. The third kappa shape index (κ3) is 5.47. The van der Waals surface area contributed by atoms with E-state index in [9.17, 15) is 9.59 Å². The number of unbranched alkanes of at least 4 members (excludes halogenated alkanes) is 3. The lowest BCUT2D eigenvalue weighted by Crippen LogP contribution is -2.29. The van der Waals surface area contributed by atoms with Gasteiger partial charge in [-0.15, -0.1) is 0 Å². The van der Waals surface area contributed by atoms with Crippen LogP contribution in [0.3, 0.4) is 0 Å². The number of carbonyl (C=O) groups is 1. The first-order valence-corrected chi connectivity index (χ1v) is 12.8. The van der Waals surface area contributed by atoms with E-state index < -0.39 is 0 Å². The number of thiocarbonyl (C=S) groups is 1. The lowest BCUT2D eigenvalue weighted by atomic mass is 10.2. The Balaban J connectivity index is 1.66. The average Bonchev–Trinajstić information content (AvgIpc) is 3.41. The Morgan fingerprint density at radius 1 is 1.30 bits per heavy atom. The summed E-state index contributed by atoms with van der Waals surface area (Å²) >= 11 is 6.72. The molecule has 0 aromatic carbocycles. The standard InChI is InChI=1S/C24H30N4O3S2/c1-3-4-5-6-11-27-23(30)19(33-24(27)32)13-18-21(25-14-17-8-7-12-31-17)26-20-10-9-16(2)15-28(20)22(18)29/h9-10,13,15,17,25H,3-8,11-12,14H2,1-2H3. The lowest BCUT2D eigenvalue weighted by molar-refractivity contribution is -0.122. The van der Waals surface area contributed by atoms with E-state index >= 15 is 0 Å². The summed E-state index contributed by atoms with van der Waals surface area (Å²) < 4.78 is 7.78. The molecule has 1 amide bonds. The van der Waals surface area contributed by atoms with Crippen molar-refractivity contribution in [1.82, 2.24) is 14.3 Å². The molecule has 2 aliphatic heterocycles. The fourth-order valence-corrected chi connectivity index (χ4v) is 5.35. The molecular formula is C24H30N4O3S2. The number of fused-ring (bicyclic) bond motifs is 1. The number of amides is 1. The van der Waals surface area contributed by atoms with E-state index in [1.165, 1.54) is 16.2 Å². The van der Waals surface area contributed by atoms with Crippen molar-refractivity contribution < 1.29 is 9.53 Å². The first kappa shape index (κ1) is 23.9. The Bertz CT molecular complexity index is 1140. The van der Waals surface area contributed by atoms with Crippen molar-refractivity contribution in [3.8, 4) is 0 Å². The summed E-state index contributed by atoms with van der Waals surface area (Å²) in [6, 6.07) is 3.75. The maximum Gasteiger partial charge on any atom is 0.267 e. The van der Waals surface area contributed by atoms with Crippen molar-refractivity contribution in [2.45, 2.75) is 58.5 Å². The predicted octanol–water partition coefficient (Wildman–Crippen LogP) is 4.38. The van der Waals surface area contributed by atoms with E-state index in [1.807, 2.05) is 19.1 Å². The molecule has 2 aromatic heterocycles. The molecule has 33 heavy (non-hydrogen) atoms. The SMILES string of the molecule is CCCCCCN1C(=O)C(=Cc2c(NCC3CCCO3)nc3ccc(C)cn3c2=O)SC1=S. The van der Waals surface area contributed by atoms with Crippen LogP contribution in [0.4, 0.5) is 5.82 Å². The number of nitrogens with one attached hydrogen (secondary N) is 1. The largest absolute Gasteiger partial charge is 0.376 e. The van der Waals surface area contributed by atoms with Crippen LogP contribution in [0.5, 0.6) is 0 Å². The molecule has 0 bridgehead atoms. The molecule has 7 nitrogen and oxygen atoms in total. The second kappa shape index (κ2) is 10.8. The number of thioether (sulfide) groups is 1. The van der Waals surface area contributed by atoms with Crippen LogP contribution in [0.1, 0.15) is 56.6 Å². The number of ether oxygens (including phenoxy) is 1. The molecule has 2 aliphatic rings. The molecule has 176 valence electrons. The van der Waals surface area contributed by atoms with Gasteiger partial charge in [-0.25, -0.2) is 4.98 Å². The van der Waals surface area contributed by atoms with Crippen molar-refractivity contribution in [3.05, 3.63) is 44.7 Å². The van der Waals surface area contributed by atoms with Gasteiger partial charge in [-0.3, -0.25) is 18.9 Å². The zero-order valence-corrected chi connectivity index (χ0v) is 20.8. The van der Waals surface area contributed by atoms with Gasteiger partial charge in [0.25, 0.3) is 11.5 Å². The molecule has 4 heterocycles. The van der Waals surface area contributed by atoms with Crippen LogP contribution in [0.25, 0.3) is 11.7 Å². The highest BCUT2D eigenvalue weighted by Crippen LogP contribution is 2.33. The highest BCUT2D eigenvalue weighted by Gasteiger charge is 2.32. The first-order valence-electron chi connectivity index (χ1n) is 11.6. The van der Waals surface area contributed by atoms with Crippen molar-refractivity contribution in [2.24, 2.45) is 0 Å². The van der Waals surface area contributed by atoms with Gasteiger partial charge in [0.2, 0.25) is 0 Å². The minimum absolute atomic E-state index is 0.0949. The van der Waals surface area contributed by atoms with E-state index in [0.29, 0.717) is 39.3 Å². The minimum atomic E-state index is -0.216. The molecule has 1 atom stereocenters. The van der Waals surface area contributed by atoms with Gasteiger partial charge in [0, 0.05) is 25.9 Å². The van der Waals surface area contributed by atoms with Crippen LogP contribution < -0.4 is 10.9 Å². The molecule has 1 unspecified atom stereocenters. The first-order chi connectivity index (χ1) is 16.0. The number of hydrogen-bond acceptors (Lipinski definition) is 7. The number of anilines is 1. The second-order valence-electron chi connectivity index (χ2n) is 8.52. The molecule has 9 heteroatoms. The summed E-state index contributed by atoms with van der Waals surface area (Å²) in [5.74, 6) is 0.327. The van der Waals surface area contributed by atoms with E-state index in [-0.39, 0.29) is 17.6 Å². The highest BCUT2D eigenvalue weighted by atomic mass is 32.2. The van der Waals surface area contributed by atoms with Gasteiger partial charge in [0.15, 0.2) is 0 Å². The maximum absolute atomic E-state index is 13.4. The lowest BCUT2D eigenvalue weighted by Gasteiger charge is -2.15. The molecule has 0 aliphatic carbocycles. The summed E-state index contributed by atoms with van der Waals surface area (Å²) in [4.78, 5) is 33.3. The van der Waals surface area contributed by atoms with Gasteiger partial charge >= 0.3 is 0 Å². The smallest absolute Gasteiger partial charge is 0.267 e. The predicted molar refractivity (Wildman–Crippen MR) is 138 cm³/mol. The third-order valence-corrected chi connectivity index (χ3v) is 7.29. The van der Waals surface area contributed by atoms with Crippen LogP contribution in [0.15, 0.2) is 28.0 Å². The zero-order chi connectivity index (χ0) is 23.4. The fraction of sp³-hybridized carbons (Fsp3) is 0.500. The number of aryl methyl sites for hydroxylation is 1. The quantitative estimate of drug-likeness (QED) is 0.320. The minimum Gasteiger partial charge on any atom is -0.376 e. The van der Waals surface area contributed by atoms with Gasteiger partial charge in [-0.2, -0.15) is 0 Å². The molecule has 4 rings (SSSR count). The molecule has 0 spiro atoms. The summed E-state index contributed by atoms with van der Waals surface area (Å²) in [6.07, 6.45) is 9.79. The summed E-state index contributed by atoms with van der Waals surface area (Å²) in [6.45, 7) is 6.02. The second-order valence-corrected chi connectivity index (χ2v) is 10.2. The van der Waals surface area contributed by atoms with Crippen molar-refractivity contribution in [3.63, 3.8) is 0 Å². The van der Waals surface area contributed by atoms with E-state index in [4.69, 9.17) is 21.9 Å². The van der Waals surface area contributed by atoms with Gasteiger partial charge in [-0.1, -0.05) is 56.2 Å². The maximum atomic E-state index is 13.4. The van der Waals surface area contributed by atoms with Crippen LogP contribution in [-0.2, 0) is 9.53 Å². The molecule has 0 saturated carbocycles. The van der Waals surface area contributed by atoms with E-state index in [0.717, 1.165) is 50.7 Å². The normalized spacial score (nSPS) is 19.9. The van der Waals surface area contributed by atoms with Crippen LogP contribution in [-0.4, -0.2) is 50.3 Å². The Hall–Kier alpha value is -2.23. The Kier molecular flexibility index (Phi) is 7.82. The number of hydrogen-bond donors (Lipinski definition) is 1. The number of aromatic nitrogens is 2. The topological polar surface area (TPSA) is 75.9 Å².